The Bertz CT molecular complexity index is 658. The zero-order valence-corrected chi connectivity index (χ0v) is 11.0. The van der Waals surface area contributed by atoms with Crippen LogP contribution in [0.15, 0.2) is 46.1 Å². The second kappa shape index (κ2) is 6.72. The van der Waals surface area contributed by atoms with Crippen molar-refractivity contribution in [1.82, 2.24) is 9.55 Å². The summed E-state index contributed by atoms with van der Waals surface area (Å²) in [7, 11) is 0. The van der Waals surface area contributed by atoms with Gasteiger partial charge in [0.1, 0.15) is 5.75 Å². The van der Waals surface area contributed by atoms with E-state index in [9.17, 15) is 9.59 Å². The number of ether oxygens (including phenoxy) is 1. The summed E-state index contributed by atoms with van der Waals surface area (Å²) in [6.07, 6.45) is 3.29. The predicted molar refractivity (Wildman–Crippen MR) is 76.4 cm³/mol. The number of hydrogen-bond donors (Lipinski definition) is 2. The normalized spacial score (nSPS) is 10.4. The molecule has 0 saturated heterocycles. The number of rotatable bonds is 6. The first kappa shape index (κ1) is 14.1. The van der Waals surface area contributed by atoms with Crippen LogP contribution in [0.25, 0.3) is 5.69 Å². The van der Waals surface area contributed by atoms with Gasteiger partial charge < -0.3 is 10.5 Å². The molecule has 0 aliphatic carbocycles. The highest BCUT2D eigenvalue weighted by atomic mass is 16.5. The van der Waals surface area contributed by atoms with E-state index in [4.69, 9.17) is 10.5 Å². The molecule has 6 nitrogen and oxygen atoms in total. The number of nitrogens with zero attached hydrogens (tertiary/aromatic N) is 1. The third-order valence-corrected chi connectivity index (χ3v) is 2.81. The van der Waals surface area contributed by atoms with Gasteiger partial charge >= 0.3 is 5.69 Å². The van der Waals surface area contributed by atoms with E-state index >= 15 is 0 Å². The van der Waals surface area contributed by atoms with Crippen molar-refractivity contribution in [2.24, 2.45) is 5.73 Å². The minimum Gasteiger partial charge on any atom is -0.494 e. The van der Waals surface area contributed by atoms with Crippen LogP contribution in [0, 0.1) is 0 Å². The van der Waals surface area contributed by atoms with E-state index in [1.807, 2.05) is 0 Å². The summed E-state index contributed by atoms with van der Waals surface area (Å²) in [6, 6.07) is 8.40. The molecule has 0 saturated carbocycles. The second-order valence-corrected chi connectivity index (χ2v) is 4.32. The number of nitrogens with one attached hydrogen (secondary N) is 1. The molecule has 0 aliphatic heterocycles. The molecule has 0 fully saturated rings. The highest BCUT2D eigenvalue weighted by Crippen LogP contribution is 2.14. The van der Waals surface area contributed by atoms with Crippen molar-refractivity contribution >= 4 is 0 Å². The number of hydrogen-bond acceptors (Lipinski definition) is 4. The summed E-state index contributed by atoms with van der Waals surface area (Å²) in [4.78, 5) is 24.8. The lowest BCUT2D eigenvalue weighted by atomic mass is 10.3. The Hall–Kier alpha value is -2.34. The fourth-order valence-corrected chi connectivity index (χ4v) is 1.76. The SMILES string of the molecule is NCCCCOc1ccc(-n2ccc(=O)[nH]c2=O)cc1. The first-order chi connectivity index (χ1) is 9.70. The molecule has 0 radical (unpaired) electrons. The van der Waals surface area contributed by atoms with Crippen LogP contribution in [0.3, 0.4) is 0 Å². The molecule has 0 atom stereocenters. The van der Waals surface area contributed by atoms with Gasteiger partial charge in [0.2, 0.25) is 0 Å². The summed E-state index contributed by atoms with van der Waals surface area (Å²) in [5.74, 6) is 0.739. The standard InChI is InChI=1S/C14H17N3O3/c15-8-1-2-10-20-12-5-3-11(4-6-12)17-9-7-13(18)16-14(17)19/h3-7,9H,1-2,8,10,15H2,(H,16,18,19). The van der Waals surface area contributed by atoms with E-state index in [1.165, 1.54) is 16.8 Å². The van der Waals surface area contributed by atoms with Gasteiger partial charge in [-0.1, -0.05) is 0 Å². The Morgan fingerprint density at radius 2 is 1.85 bits per heavy atom. The molecular formula is C14H17N3O3. The molecule has 1 aromatic carbocycles. The van der Waals surface area contributed by atoms with Crippen LogP contribution < -0.4 is 21.7 Å². The van der Waals surface area contributed by atoms with Crippen LogP contribution in [0.1, 0.15) is 12.8 Å². The lowest BCUT2D eigenvalue weighted by Crippen LogP contribution is -2.27. The lowest BCUT2D eigenvalue weighted by molar-refractivity contribution is 0.308. The monoisotopic (exact) mass is 275 g/mol. The summed E-state index contributed by atoms with van der Waals surface area (Å²) < 4.78 is 6.91. The van der Waals surface area contributed by atoms with Crippen LogP contribution in [-0.2, 0) is 0 Å². The zero-order chi connectivity index (χ0) is 14.4. The maximum atomic E-state index is 11.6. The number of aromatic amines is 1. The van der Waals surface area contributed by atoms with Crippen molar-refractivity contribution < 1.29 is 4.74 Å². The number of H-pyrrole nitrogens is 1. The largest absolute Gasteiger partial charge is 0.494 e. The Labute approximate surface area is 115 Å². The molecule has 0 amide bonds. The molecule has 1 heterocycles. The minimum atomic E-state index is -0.464. The first-order valence-corrected chi connectivity index (χ1v) is 6.46. The highest BCUT2D eigenvalue weighted by Gasteiger charge is 2.00. The van der Waals surface area contributed by atoms with Crippen LogP contribution in [0.4, 0.5) is 0 Å². The van der Waals surface area contributed by atoms with Crippen LogP contribution in [-0.4, -0.2) is 22.7 Å². The maximum Gasteiger partial charge on any atom is 0.332 e. The van der Waals surface area contributed by atoms with E-state index in [1.54, 1.807) is 24.3 Å². The molecule has 106 valence electrons. The molecular weight excluding hydrogens is 258 g/mol. The van der Waals surface area contributed by atoms with E-state index in [0.717, 1.165) is 18.6 Å². The lowest BCUT2D eigenvalue weighted by Gasteiger charge is -2.08. The maximum absolute atomic E-state index is 11.6. The first-order valence-electron chi connectivity index (χ1n) is 6.46. The second-order valence-electron chi connectivity index (χ2n) is 4.32. The summed E-state index contributed by atoms with van der Waals surface area (Å²) in [5.41, 5.74) is 5.20. The van der Waals surface area contributed by atoms with E-state index < -0.39 is 11.2 Å². The van der Waals surface area contributed by atoms with Gasteiger partial charge in [0.25, 0.3) is 5.56 Å². The molecule has 6 heteroatoms. The van der Waals surface area contributed by atoms with Crippen molar-refractivity contribution in [2.45, 2.75) is 12.8 Å². The quantitative estimate of drug-likeness (QED) is 0.757. The predicted octanol–water partition coefficient (Wildman–Crippen LogP) is 0.643. The van der Waals surface area contributed by atoms with E-state index in [0.29, 0.717) is 18.8 Å². The van der Waals surface area contributed by atoms with Crippen LogP contribution in [0.2, 0.25) is 0 Å². The molecule has 1 aromatic heterocycles. The van der Waals surface area contributed by atoms with Gasteiger partial charge in [0, 0.05) is 12.3 Å². The number of aromatic nitrogens is 2. The Balaban J connectivity index is 2.08. The minimum absolute atomic E-state index is 0.411. The van der Waals surface area contributed by atoms with Crippen molar-refractivity contribution in [2.75, 3.05) is 13.2 Å². The van der Waals surface area contributed by atoms with Crippen molar-refractivity contribution in [3.05, 3.63) is 57.4 Å². The smallest absolute Gasteiger partial charge is 0.332 e. The zero-order valence-electron chi connectivity index (χ0n) is 11.0. The Morgan fingerprint density at radius 3 is 2.50 bits per heavy atom. The van der Waals surface area contributed by atoms with Gasteiger partial charge in [0.05, 0.1) is 12.3 Å². The van der Waals surface area contributed by atoms with Gasteiger partial charge in [-0.25, -0.2) is 4.79 Å². The summed E-state index contributed by atoms with van der Waals surface area (Å²) >= 11 is 0. The van der Waals surface area contributed by atoms with Gasteiger partial charge in [-0.05, 0) is 43.7 Å². The summed E-state index contributed by atoms with van der Waals surface area (Å²) in [6.45, 7) is 1.28. The average Bonchev–Trinajstić information content (AvgIpc) is 2.45. The van der Waals surface area contributed by atoms with Gasteiger partial charge in [-0.15, -0.1) is 0 Å². The molecule has 20 heavy (non-hydrogen) atoms. The summed E-state index contributed by atoms with van der Waals surface area (Å²) in [5, 5.41) is 0. The third-order valence-electron chi connectivity index (χ3n) is 2.81. The molecule has 2 aromatic rings. The number of benzene rings is 1. The van der Waals surface area contributed by atoms with Crippen molar-refractivity contribution in [3.8, 4) is 11.4 Å². The molecule has 3 N–H and O–H groups in total. The van der Waals surface area contributed by atoms with Gasteiger partial charge in [-0.2, -0.15) is 0 Å². The molecule has 0 aliphatic rings. The number of nitrogens with two attached hydrogens (primary N) is 1. The highest BCUT2D eigenvalue weighted by molar-refractivity contribution is 5.37. The molecule has 0 unspecified atom stereocenters. The van der Waals surface area contributed by atoms with Crippen LogP contribution >= 0.6 is 0 Å². The van der Waals surface area contributed by atoms with Gasteiger partial charge in [-0.3, -0.25) is 14.3 Å². The number of unbranched alkanes of at least 4 members (excludes halogenated alkanes) is 1. The van der Waals surface area contributed by atoms with E-state index in [-0.39, 0.29) is 0 Å². The molecule has 0 bridgehead atoms. The van der Waals surface area contributed by atoms with Crippen molar-refractivity contribution in [1.29, 1.82) is 0 Å². The fraction of sp³-hybridized carbons (Fsp3) is 0.286. The van der Waals surface area contributed by atoms with Gasteiger partial charge in [0.15, 0.2) is 0 Å². The van der Waals surface area contributed by atoms with Crippen molar-refractivity contribution in [3.63, 3.8) is 0 Å². The molecule has 0 spiro atoms. The van der Waals surface area contributed by atoms with E-state index in [2.05, 4.69) is 4.98 Å². The topological polar surface area (TPSA) is 90.1 Å². The Kier molecular flexibility index (Phi) is 4.73. The fourth-order valence-electron chi connectivity index (χ4n) is 1.76. The average molecular weight is 275 g/mol. The van der Waals surface area contributed by atoms with Crippen LogP contribution in [0.5, 0.6) is 5.75 Å². The Morgan fingerprint density at radius 1 is 1.10 bits per heavy atom. The molecule has 2 rings (SSSR count). The third kappa shape index (κ3) is 3.58.